The van der Waals surface area contributed by atoms with Gasteiger partial charge in [0.25, 0.3) is 12.6 Å². The molecule has 4 amide bonds. The maximum atomic E-state index is 12.0. The Labute approximate surface area is 401 Å². The number of rotatable bonds is 14. The zero-order valence-electron chi connectivity index (χ0n) is 37.8. The van der Waals surface area contributed by atoms with Crippen molar-refractivity contribution in [3.8, 4) is 0 Å². The zero-order valence-corrected chi connectivity index (χ0v) is 39.3. The summed E-state index contributed by atoms with van der Waals surface area (Å²) in [4.78, 5) is 81.8. The van der Waals surface area contributed by atoms with E-state index in [-0.39, 0.29) is 68.3 Å². The number of aliphatic hydroxyl groups excluding tert-OH is 2. The molecular weight excluding hydrogens is 947 g/mol. The lowest BCUT2D eigenvalue weighted by atomic mass is 9.83. The van der Waals surface area contributed by atoms with Crippen molar-refractivity contribution in [2.45, 2.75) is 38.1 Å². The largest absolute Gasteiger partial charge is 0.472 e. The van der Waals surface area contributed by atoms with Crippen LogP contribution in [0.25, 0.3) is 0 Å². The predicted molar refractivity (Wildman–Crippen MR) is 234 cm³/mol. The van der Waals surface area contributed by atoms with Crippen LogP contribution in [0.2, 0.25) is 0 Å². The van der Waals surface area contributed by atoms with E-state index >= 15 is 0 Å². The molecule has 23 nitrogen and oxygen atoms in total. The van der Waals surface area contributed by atoms with E-state index in [4.69, 9.17) is 70.9 Å². The summed E-state index contributed by atoms with van der Waals surface area (Å²) in [5, 5.41) is 28.5. The number of aliphatic hydroxyl groups is 2. The molecule has 0 saturated carbocycles. The van der Waals surface area contributed by atoms with Crippen molar-refractivity contribution in [2.75, 3.05) is 80.1 Å². The fourth-order valence-electron chi connectivity index (χ4n) is 8.14. The third-order valence-corrected chi connectivity index (χ3v) is 11.7. The number of hydrogen-bond donors (Lipinski definition) is 6. The average Bonchev–Trinajstić information content (AvgIpc) is 4.12. The summed E-state index contributed by atoms with van der Waals surface area (Å²) in [6.07, 6.45) is 5.43. The lowest BCUT2D eigenvalue weighted by Gasteiger charge is -2.34. The second-order valence-electron chi connectivity index (χ2n) is 15.0. The maximum Gasteiger partial charge on any atom is 0.410 e. The zero-order chi connectivity index (χ0) is 49.9. The van der Waals surface area contributed by atoms with Gasteiger partial charge < -0.3 is 78.8 Å². The van der Waals surface area contributed by atoms with Gasteiger partial charge in [0.15, 0.2) is 0 Å². The monoisotopic (exact) mass is 1000 g/mol. The van der Waals surface area contributed by atoms with Crippen molar-refractivity contribution in [1.82, 2.24) is 21.3 Å². The highest BCUT2D eigenvalue weighted by Crippen LogP contribution is 2.46. The van der Waals surface area contributed by atoms with Crippen LogP contribution in [-0.2, 0) is 61.8 Å². The molecule has 3 aliphatic carbocycles. The maximum absolute atomic E-state index is 12.0. The van der Waals surface area contributed by atoms with Gasteiger partial charge in [0.1, 0.15) is 13.2 Å². The fourth-order valence-corrected chi connectivity index (χ4v) is 8.32. The summed E-state index contributed by atoms with van der Waals surface area (Å²) in [7, 11) is 6.74. The van der Waals surface area contributed by atoms with Crippen LogP contribution in [0, 0.1) is 35.5 Å². The molecule has 0 radical (unpaired) electrons. The summed E-state index contributed by atoms with van der Waals surface area (Å²) < 4.78 is 50.9. The van der Waals surface area contributed by atoms with Gasteiger partial charge in [0.05, 0.1) is 81.2 Å². The fraction of sp³-hybridized carbons (Fsp3) is 0.558. The van der Waals surface area contributed by atoms with E-state index in [1.807, 2.05) is 18.2 Å². The number of amides is 4. The van der Waals surface area contributed by atoms with Crippen molar-refractivity contribution in [2.24, 2.45) is 35.5 Å². The molecule has 6 aliphatic rings. The van der Waals surface area contributed by atoms with E-state index in [1.54, 1.807) is 0 Å². The quantitative estimate of drug-likeness (QED) is 0.0630. The van der Waals surface area contributed by atoms with E-state index in [0.29, 0.717) is 52.7 Å². The molecule has 0 spiro atoms. The Balaban J connectivity index is 0.000000230. The van der Waals surface area contributed by atoms with Gasteiger partial charge in [-0.3, -0.25) is 0 Å². The Morgan fingerprint density at radius 2 is 0.985 bits per heavy atom. The number of hydrogen-bond acceptors (Lipinski definition) is 19. The van der Waals surface area contributed by atoms with Crippen molar-refractivity contribution < 1.29 is 91.1 Å². The molecule has 0 bridgehead atoms. The first-order valence-electron chi connectivity index (χ1n) is 21.1. The van der Waals surface area contributed by atoms with Crippen LogP contribution >= 0.6 is 23.2 Å². The number of fused-ring (bicyclic) bond motifs is 3. The Morgan fingerprint density at radius 3 is 1.41 bits per heavy atom. The lowest BCUT2D eigenvalue weighted by Crippen LogP contribution is -2.41. The summed E-state index contributed by atoms with van der Waals surface area (Å²) in [5.74, 6) is -3.03. The number of alkyl halides is 2. The van der Waals surface area contributed by atoms with Gasteiger partial charge in [0.2, 0.25) is 6.29 Å². The molecule has 25 heteroatoms. The van der Waals surface area contributed by atoms with Crippen LogP contribution in [0.4, 0.5) is 19.2 Å². The summed E-state index contributed by atoms with van der Waals surface area (Å²) >= 11 is 11.1. The van der Waals surface area contributed by atoms with E-state index < -0.39 is 73.0 Å². The Morgan fingerprint density at radius 1 is 0.588 bits per heavy atom. The Bertz CT molecular complexity index is 2040. The molecule has 0 fully saturated rings. The minimum absolute atomic E-state index is 0.00621. The van der Waals surface area contributed by atoms with Crippen molar-refractivity contribution >= 4 is 65.5 Å². The first-order valence-corrected chi connectivity index (χ1v) is 22.2. The number of methoxy groups -OCH3 is 3. The smallest absolute Gasteiger partial charge is 0.410 e. The van der Waals surface area contributed by atoms with E-state index in [2.05, 4.69) is 26.0 Å². The Hall–Kier alpha value is -6.17. The van der Waals surface area contributed by atoms with Crippen molar-refractivity contribution in [3.05, 3.63) is 70.5 Å². The first-order chi connectivity index (χ1) is 32.7. The average molecular weight is 1000 g/mol. The normalized spacial score (nSPS) is 25.6. The lowest BCUT2D eigenvalue weighted by molar-refractivity contribution is -0.143. The van der Waals surface area contributed by atoms with Gasteiger partial charge in [-0.05, 0) is 36.0 Å². The number of nitrogens with one attached hydrogen (secondary N) is 4. The highest BCUT2D eigenvalue weighted by Gasteiger charge is 2.48. The summed E-state index contributed by atoms with van der Waals surface area (Å²) in [6, 6.07) is 0. The van der Waals surface area contributed by atoms with Crippen LogP contribution in [0.5, 0.6) is 0 Å². The topological polar surface area (TPSA) is 300 Å². The Kier molecular flexibility index (Phi) is 21.6. The van der Waals surface area contributed by atoms with Crippen molar-refractivity contribution in [3.63, 3.8) is 0 Å². The van der Waals surface area contributed by atoms with Gasteiger partial charge >= 0.3 is 42.3 Å². The van der Waals surface area contributed by atoms with Gasteiger partial charge in [0, 0.05) is 56.7 Å². The third kappa shape index (κ3) is 14.0. The van der Waals surface area contributed by atoms with Crippen LogP contribution < -0.4 is 21.3 Å². The minimum Gasteiger partial charge on any atom is -0.472 e. The van der Waals surface area contributed by atoms with E-state index in [0.717, 1.165) is 0 Å². The number of allylic oxidation sites excluding steroid dienone is 3. The second kappa shape index (κ2) is 27.0. The van der Waals surface area contributed by atoms with Crippen LogP contribution in [0.3, 0.4) is 0 Å². The first kappa shape index (κ1) is 54.4. The number of alkyl carbamates (subject to hydrolysis) is 4. The molecule has 6 rings (SSSR count). The molecule has 0 aromatic rings. The number of ether oxygens (including phenoxy) is 10. The second-order valence-corrected chi connectivity index (χ2v) is 15.8. The summed E-state index contributed by atoms with van der Waals surface area (Å²) in [6.45, 7) is 0.339. The third-order valence-electron chi connectivity index (χ3n) is 11.3. The number of carbonyl (C=O) groups excluding carboxylic acids is 7. The SMILES string of the molecule is CNC(=O)OCC1=CCC2C(C(=O)OC)=COC(OC(=O)NC)C12.COC(=O)C1=COC(O)C2C(CO)=CCC12.COC(=O)C1=COC(OC(=O)NCCCl)C2C(COC(=O)NCCCl)=CCC12. The number of halogens is 2. The highest BCUT2D eigenvalue weighted by atomic mass is 35.5. The predicted octanol–water partition coefficient (Wildman–Crippen LogP) is 2.51. The molecular formula is C43H56Cl2N4O19. The molecule has 3 heterocycles. The molecule has 0 aromatic heterocycles. The molecule has 0 saturated heterocycles. The van der Waals surface area contributed by atoms with Crippen LogP contribution in [0.1, 0.15) is 19.3 Å². The minimum atomic E-state index is -1.00. The van der Waals surface area contributed by atoms with Gasteiger partial charge in [-0.1, -0.05) is 18.2 Å². The van der Waals surface area contributed by atoms with Crippen LogP contribution in [-0.4, -0.2) is 151 Å². The standard InChI is InChI=1S/C17H22Cl2N2O7.C15H20N2O7.C11H14O5/c1-25-14(22)12-9-26-15(28-17(24)21-7-5-19)13-10(2-3-11(12)13)8-27-16(23)20-6-4-18;1-16-14(19)23-6-8-4-5-9-10(12(18)21-3)7-22-13(11(8)9)24-15(20)17-2;1-15-10(13)8-5-16-11(14)9-6(4-12)2-3-7(8)9/h2,9,11,13,15H,3-8H2,1H3,(H,20,23)(H,21,24);4,7,9,11,13H,5-6H2,1-3H3,(H,16,19)(H,17,20);2,5,7,9,11-12,14H,3-4H2,1H3. The molecule has 68 heavy (non-hydrogen) atoms. The van der Waals surface area contributed by atoms with E-state index in [9.17, 15) is 38.7 Å². The molecule has 376 valence electrons. The summed E-state index contributed by atoms with van der Waals surface area (Å²) in [5.41, 5.74) is 3.20. The van der Waals surface area contributed by atoms with Gasteiger partial charge in [-0.15, -0.1) is 23.2 Å². The molecule has 3 aliphatic heterocycles. The number of esters is 3. The molecule has 9 atom stereocenters. The highest BCUT2D eigenvalue weighted by molar-refractivity contribution is 6.18. The number of carbonyl (C=O) groups is 7. The molecule has 9 unspecified atom stereocenters. The van der Waals surface area contributed by atoms with Gasteiger partial charge in [-0.25, -0.2) is 33.6 Å². The van der Waals surface area contributed by atoms with Gasteiger partial charge in [-0.2, -0.15) is 0 Å². The molecule has 0 aromatic carbocycles. The van der Waals surface area contributed by atoms with E-state index in [1.165, 1.54) is 54.2 Å². The molecule has 6 N–H and O–H groups in total. The van der Waals surface area contributed by atoms with Crippen LogP contribution in [0.15, 0.2) is 70.5 Å². The van der Waals surface area contributed by atoms with Crippen molar-refractivity contribution in [1.29, 1.82) is 0 Å².